The van der Waals surface area contributed by atoms with E-state index in [0.717, 1.165) is 11.5 Å². The van der Waals surface area contributed by atoms with Crippen LogP contribution >= 0.6 is 88.2 Å². The van der Waals surface area contributed by atoms with Crippen LogP contribution in [0.5, 0.6) is 23.0 Å². The van der Waals surface area contributed by atoms with Gasteiger partial charge in [0.05, 0.1) is 5.56 Å². The Hall–Kier alpha value is -1.33. The largest absolute Gasteiger partial charge is 0.643 e. The van der Waals surface area contributed by atoms with Crippen molar-refractivity contribution < 1.29 is 19.1 Å². The summed E-state index contributed by atoms with van der Waals surface area (Å²) in [5.74, 6) is 2.50. The standard InChI is InChI=1S/C14H10Cl2O2.C12H8Cl2O.C2H3ClO.CH4.Al.3ClH/c1-9(17)13-8-11(16)4-7-14(13)18-12-5-2-10(15)3-6-12;13-9-1-5-11(6-2-9)15-12-7-3-10(14)4-8-12;1-2(3)4;;;;;/h2-8H,1H3;1-8H;1H3;1H4;;3*1H/q;;;;+3;;;/p-3. The van der Waals surface area contributed by atoms with Gasteiger partial charge < -0.3 is 9.47 Å². The lowest BCUT2D eigenvalue weighted by Gasteiger charge is -2.09. The molecule has 0 aliphatic carbocycles. The number of rotatable bonds is 5. The molecule has 42 heavy (non-hydrogen) atoms. The maximum Gasteiger partial charge on any atom is 0.643 e. The summed E-state index contributed by atoms with van der Waals surface area (Å²) in [6.07, 6.45) is 0. The van der Waals surface area contributed by atoms with Gasteiger partial charge in [-0.05, 0) is 110 Å². The van der Waals surface area contributed by atoms with Gasteiger partial charge in [0.15, 0.2) is 5.78 Å². The van der Waals surface area contributed by atoms with Gasteiger partial charge in [0.25, 0.3) is 0 Å². The quantitative estimate of drug-likeness (QED) is 0.116. The molecule has 0 radical (unpaired) electrons. The third-order valence-corrected chi connectivity index (χ3v) is 5.22. The molecule has 0 heterocycles. The van der Waals surface area contributed by atoms with Crippen molar-refractivity contribution in [3.63, 3.8) is 0 Å². The molecule has 0 amide bonds. The predicted molar refractivity (Wildman–Crippen MR) is 183 cm³/mol. The molecule has 4 aromatic rings. The molecular weight excluding hydrogens is 723 g/mol. The molecule has 0 N–H and O–H groups in total. The van der Waals surface area contributed by atoms with E-state index < -0.39 is 11.4 Å². The fourth-order valence-electron chi connectivity index (χ4n) is 2.64. The summed E-state index contributed by atoms with van der Waals surface area (Å²) in [5.41, 5.74) is 0.456. The maximum absolute atomic E-state index is 11.5. The van der Waals surface area contributed by atoms with Crippen LogP contribution in [0.3, 0.4) is 0 Å². The fraction of sp³-hybridized carbons (Fsp3) is 0.103. The number of hydrogen-bond donors (Lipinski definition) is 0. The zero-order chi connectivity index (χ0) is 30.9. The van der Waals surface area contributed by atoms with Gasteiger partial charge >= 0.3 is 11.4 Å². The molecule has 4 aromatic carbocycles. The Balaban J connectivity index is 0.000000632. The van der Waals surface area contributed by atoms with Crippen molar-refractivity contribution in [3.05, 3.63) is 117 Å². The number of carbonyl (C=O) groups excluding carboxylic acids is 2. The Morgan fingerprint density at radius 1 is 0.571 bits per heavy atom. The Labute approximate surface area is 288 Å². The number of hydrogen-bond acceptors (Lipinski definition) is 4. The summed E-state index contributed by atoms with van der Waals surface area (Å²) in [6.45, 7) is 2.77. The Kier molecular flexibility index (Phi) is 21.5. The van der Waals surface area contributed by atoms with Crippen LogP contribution in [0.4, 0.5) is 0 Å². The van der Waals surface area contributed by atoms with Gasteiger partial charge in [0.2, 0.25) is 5.24 Å². The van der Waals surface area contributed by atoms with Crippen molar-refractivity contribution in [2.75, 3.05) is 0 Å². The molecule has 4 rings (SSSR count). The molecule has 13 heteroatoms. The van der Waals surface area contributed by atoms with Crippen molar-refractivity contribution >= 4 is 111 Å². The van der Waals surface area contributed by atoms with E-state index in [0.29, 0.717) is 37.2 Å². The Morgan fingerprint density at radius 3 is 1.17 bits per heavy atom. The van der Waals surface area contributed by atoms with Crippen molar-refractivity contribution in [1.82, 2.24) is 0 Å². The van der Waals surface area contributed by atoms with Crippen LogP contribution in [0.2, 0.25) is 20.1 Å². The molecule has 0 atom stereocenters. The highest BCUT2D eigenvalue weighted by Gasteiger charge is 2.10. The van der Waals surface area contributed by atoms with E-state index >= 15 is 0 Å². The van der Waals surface area contributed by atoms with Gasteiger partial charge in [-0.2, -0.15) is 0 Å². The lowest BCUT2D eigenvalue weighted by Crippen LogP contribution is -1.97. The number of ether oxygens (including phenoxy) is 2. The van der Waals surface area contributed by atoms with Gasteiger partial charge in [-0.15, -0.1) is 0 Å². The topological polar surface area (TPSA) is 52.6 Å². The van der Waals surface area contributed by atoms with Crippen LogP contribution in [-0.4, -0.2) is 22.4 Å². The molecule has 0 saturated carbocycles. The minimum absolute atomic E-state index is 0. The maximum atomic E-state index is 11.5. The van der Waals surface area contributed by atoms with E-state index in [1.807, 2.05) is 24.3 Å². The first-order chi connectivity index (χ1) is 19.3. The van der Waals surface area contributed by atoms with Crippen LogP contribution in [0.1, 0.15) is 31.6 Å². The molecule has 0 aliphatic rings. The second kappa shape index (κ2) is 22.2. The summed E-state index contributed by atoms with van der Waals surface area (Å²) in [4.78, 5) is 20.7. The van der Waals surface area contributed by atoms with E-state index in [-0.39, 0.29) is 18.5 Å². The number of ketones is 1. The fourth-order valence-corrected chi connectivity index (χ4v) is 3.19. The van der Waals surface area contributed by atoms with Gasteiger partial charge in [0.1, 0.15) is 23.0 Å². The van der Waals surface area contributed by atoms with Gasteiger partial charge in [-0.25, -0.2) is 30.1 Å². The van der Waals surface area contributed by atoms with Crippen molar-refractivity contribution in [1.29, 1.82) is 0 Å². The lowest BCUT2D eigenvalue weighted by atomic mass is 10.1. The van der Waals surface area contributed by atoms with E-state index in [1.165, 1.54) is 13.8 Å². The zero-order valence-electron chi connectivity index (χ0n) is 21.4. The summed E-state index contributed by atoms with van der Waals surface area (Å²) >= 11 is 26.1. The lowest BCUT2D eigenvalue weighted by molar-refractivity contribution is -0.109. The minimum atomic E-state index is -1.72. The third kappa shape index (κ3) is 19.1. The van der Waals surface area contributed by atoms with E-state index in [1.54, 1.807) is 66.7 Å². The number of halogens is 8. The number of carbonyl (C=O) groups is 2. The molecule has 0 fully saturated rings. The summed E-state index contributed by atoms with van der Waals surface area (Å²) in [6, 6.07) is 26.3. The second-order valence-corrected chi connectivity index (χ2v) is 16.2. The molecule has 0 aromatic heterocycles. The number of benzene rings is 4. The van der Waals surface area contributed by atoms with Crippen LogP contribution in [0, 0.1) is 0 Å². The highest BCUT2D eigenvalue weighted by molar-refractivity contribution is 7.54. The van der Waals surface area contributed by atoms with Crippen LogP contribution in [-0.2, 0) is 4.79 Å². The van der Waals surface area contributed by atoms with Crippen LogP contribution in [0.15, 0.2) is 91.0 Å². The highest BCUT2D eigenvalue weighted by atomic mass is 35.8. The molecule has 224 valence electrons. The van der Waals surface area contributed by atoms with Crippen LogP contribution < -0.4 is 9.47 Å². The minimum Gasteiger partial charge on any atom is -0.457 e. The first kappa shape index (κ1) is 40.7. The Morgan fingerprint density at radius 2 is 0.857 bits per heavy atom. The predicted octanol–water partition coefficient (Wildman–Crippen LogP) is 12.9. The number of Topliss-reactive ketones (excluding diaryl/α,β-unsaturated/α-hetero) is 1. The molecule has 0 unspecified atom stereocenters. The van der Waals surface area contributed by atoms with Gasteiger partial charge in [-0.1, -0.05) is 53.8 Å². The average molecular weight is 748 g/mol. The Bertz CT molecular complexity index is 1320. The molecule has 0 saturated heterocycles. The second-order valence-electron chi connectivity index (χ2n) is 7.48. The van der Waals surface area contributed by atoms with Crippen LogP contribution in [0.25, 0.3) is 0 Å². The molecule has 0 bridgehead atoms. The monoisotopic (exact) mass is 744 g/mol. The highest BCUT2D eigenvalue weighted by Crippen LogP contribution is 2.29. The molecule has 0 aliphatic heterocycles. The summed E-state index contributed by atoms with van der Waals surface area (Å²) in [5, 5.41) is 2.16. The zero-order valence-corrected chi connectivity index (χ0v) is 28.6. The van der Waals surface area contributed by atoms with E-state index in [2.05, 4.69) is 11.6 Å². The smallest absolute Gasteiger partial charge is 0.457 e. The van der Waals surface area contributed by atoms with E-state index in [9.17, 15) is 9.59 Å². The van der Waals surface area contributed by atoms with Crippen molar-refractivity contribution in [3.8, 4) is 23.0 Å². The first-order valence-corrected chi connectivity index (χ1v) is 18.4. The van der Waals surface area contributed by atoms with Gasteiger partial charge in [0, 0.05) is 27.0 Å². The third-order valence-electron chi connectivity index (χ3n) is 4.23. The summed E-state index contributed by atoms with van der Waals surface area (Å²) < 4.78 is 11.2. The average Bonchev–Trinajstić information content (AvgIpc) is 2.89. The van der Waals surface area contributed by atoms with Crippen molar-refractivity contribution in [2.45, 2.75) is 21.3 Å². The SMILES string of the molecule is C.CC(=O)Cl.CC(=O)c1cc(Cl)ccc1Oc1ccc(Cl)cc1.Clc1ccc(Oc2ccc(Cl)cc2)cc1.[Cl][Al]([Cl])[Cl]. The summed E-state index contributed by atoms with van der Waals surface area (Å²) in [7, 11) is 14.8. The first-order valence-electron chi connectivity index (χ1n) is 11.3. The molecule has 0 spiro atoms. The van der Waals surface area contributed by atoms with Gasteiger partial charge in [-0.3, -0.25) is 9.59 Å². The van der Waals surface area contributed by atoms with E-state index in [4.69, 9.17) is 86.0 Å². The van der Waals surface area contributed by atoms with Crippen molar-refractivity contribution in [2.24, 2.45) is 0 Å². The normalized spacial score (nSPS) is 9.19. The molecular formula is C29H25AlCl8O4. The molecule has 4 nitrogen and oxygen atoms in total.